The monoisotopic (exact) mass is 192 g/mol. The fourth-order valence-corrected chi connectivity index (χ4v) is 13.3. The lowest BCUT2D eigenvalue weighted by Crippen LogP contribution is -2.46. The van der Waals surface area contributed by atoms with Gasteiger partial charge in [0.2, 0.25) is 0 Å². The number of hydrogen-bond donors (Lipinski definition) is 0. The summed E-state index contributed by atoms with van der Waals surface area (Å²) in [5, 5.41) is 0. The molecule has 0 aromatic rings. The highest BCUT2D eigenvalue weighted by atomic mass is 29.2. The average Bonchev–Trinajstić information content (AvgIpc) is 1.60. The zero-order valence-corrected chi connectivity index (χ0v) is 11.5. The standard InChI is InChI=1S/C6H20OSi3/c1-8-10(5,6)7-9(2,3)4/h8H2,1-6H3. The van der Waals surface area contributed by atoms with E-state index in [0.29, 0.717) is 0 Å². The van der Waals surface area contributed by atoms with Crippen molar-refractivity contribution in [3.05, 3.63) is 0 Å². The highest BCUT2D eigenvalue weighted by molar-refractivity contribution is 7.21. The van der Waals surface area contributed by atoms with Crippen LogP contribution in [0.15, 0.2) is 0 Å². The Hall–Kier alpha value is 0.611. The van der Waals surface area contributed by atoms with Gasteiger partial charge in [-0.05, 0) is 32.7 Å². The van der Waals surface area contributed by atoms with Crippen LogP contribution in [0.1, 0.15) is 0 Å². The molecular formula is C6H20OSi3. The molecule has 0 atom stereocenters. The second-order valence-electron chi connectivity index (χ2n) is 4.33. The van der Waals surface area contributed by atoms with Gasteiger partial charge in [-0.1, -0.05) is 6.55 Å². The van der Waals surface area contributed by atoms with Crippen LogP contribution in [0.5, 0.6) is 0 Å². The topological polar surface area (TPSA) is 9.23 Å². The first kappa shape index (κ1) is 10.6. The molecule has 0 aliphatic carbocycles. The Balaban J connectivity index is 3.89. The van der Waals surface area contributed by atoms with Crippen LogP contribution in [-0.4, -0.2) is 25.2 Å². The molecule has 4 heteroatoms. The Bertz CT molecular complexity index is 106. The van der Waals surface area contributed by atoms with Gasteiger partial charge in [0.15, 0.2) is 16.2 Å². The van der Waals surface area contributed by atoms with E-state index >= 15 is 0 Å². The summed E-state index contributed by atoms with van der Waals surface area (Å²) in [6.45, 7) is 13.9. The first-order chi connectivity index (χ1) is 4.27. The van der Waals surface area contributed by atoms with Crippen LogP contribution in [0.2, 0.25) is 39.3 Å². The molecule has 0 saturated heterocycles. The minimum Gasteiger partial charge on any atom is -0.458 e. The van der Waals surface area contributed by atoms with Gasteiger partial charge in [0, 0.05) is 9.04 Å². The van der Waals surface area contributed by atoms with Gasteiger partial charge in [0.1, 0.15) is 0 Å². The van der Waals surface area contributed by atoms with Crippen molar-refractivity contribution in [2.24, 2.45) is 0 Å². The molecule has 0 aliphatic rings. The van der Waals surface area contributed by atoms with Crippen molar-refractivity contribution in [1.29, 1.82) is 0 Å². The molecule has 0 N–H and O–H groups in total. The molecule has 0 radical (unpaired) electrons. The van der Waals surface area contributed by atoms with E-state index < -0.39 is 16.2 Å². The maximum absolute atomic E-state index is 6.11. The normalized spacial score (nSPS) is 15.0. The Morgan fingerprint density at radius 3 is 1.50 bits per heavy atom. The van der Waals surface area contributed by atoms with Crippen LogP contribution in [0.4, 0.5) is 0 Å². The molecular weight excluding hydrogens is 172 g/mol. The van der Waals surface area contributed by atoms with Crippen molar-refractivity contribution in [3.8, 4) is 0 Å². The molecule has 62 valence electrons. The van der Waals surface area contributed by atoms with E-state index in [-0.39, 0.29) is 9.04 Å². The molecule has 10 heavy (non-hydrogen) atoms. The summed E-state index contributed by atoms with van der Waals surface area (Å²) in [7, 11) is -2.22. The SMILES string of the molecule is C[SiH2][Si](C)(C)O[Si](C)(C)C. The highest BCUT2D eigenvalue weighted by Crippen LogP contribution is 2.12. The van der Waals surface area contributed by atoms with Gasteiger partial charge in [0.05, 0.1) is 0 Å². The van der Waals surface area contributed by atoms with Gasteiger partial charge in [-0.2, -0.15) is 0 Å². The second-order valence-corrected chi connectivity index (χ2v) is 20.8. The van der Waals surface area contributed by atoms with E-state index in [9.17, 15) is 0 Å². The quantitative estimate of drug-likeness (QED) is 0.619. The van der Waals surface area contributed by atoms with Crippen LogP contribution < -0.4 is 0 Å². The molecule has 1 nitrogen and oxygen atoms in total. The molecule has 0 aromatic carbocycles. The van der Waals surface area contributed by atoms with Gasteiger partial charge in [-0.25, -0.2) is 0 Å². The van der Waals surface area contributed by atoms with Crippen LogP contribution in [0, 0.1) is 0 Å². The Kier molecular flexibility index (Phi) is 3.54. The van der Waals surface area contributed by atoms with E-state index in [0.717, 1.165) is 0 Å². The Morgan fingerprint density at radius 2 is 1.40 bits per heavy atom. The molecule has 0 saturated carbocycles. The van der Waals surface area contributed by atoms with Crippen molar-refractivity contribution in [1.82, 2.24) is 0 Å². The lowest BCUT2D eigenvalue weighted by Gasteiger charge is -2.30. The largest absolute Gasteiger partial charge is 0.458 e. The highest BCUT2D eigenvalue weighted by Gasteiger charge is 2.27. The zero-order chi connectivity index (χ0) is 8.41. The average molecular weight is 192 g/mol. The van der Waals surface area contributed by atoms with Crippen molar-refractivity contribution >= 4 is 25.2 Å². The zero-order valence-electron chi connectivity index (χ0n) is 8.12. The van der Waals surface area contributed by atoms with Gasteiger partial charge >= 0.3 is 0 Å². The molecule has 0 unspecified atom stereocenters. The summed E-state index contributed by atoms with van der Waals surface area (Å²) >= 11 is 0. The Labute approximate surface area is 69.0 Å². The van der Waals surface area contributed by atoms with Gasteiger partial charge in [-0.3, -0.25) is 0 Å². The van der Waals surface area contributed by atoms with E-state index in [4.69, 9.17) is 4.12 Å². The molecule has 0 fully saturated rings. The molecule has 0 heterocycles. The summed E-state index contributed by atoms with van der Waals surface area (Å²) in [4.78, 5) is 0. The number of hydrogen-bond acceptors (Lipinski definition) is 1. The first-order valence-electron chi connectivity index (χ1n) is 3.97. The smallest absolute Gasteiger partial charge is 0.170 e. The van der Waals surface area contributed by atoms with Crippen molar-refractivity contribution in [2.75, 3.05) is 0 Å². The van der Waals surface area contributed by atoms with Crippen LogP contribution in [0.3, 0.4) is 0 Å². The lowest BCUT2D eigenvalue weighted by molar-refractivity contribution is 0.573. The maximum atomic E-state index is 6.11. The first-order valence-corrected chi connectivity index (χ1v) is 14.0. The summed E-state index contributed by atoms with van der Waals surface area (Å²) < 4.78 is 6.11. The maximum Gasteiger partial charge on any atom is 0.170 e. The third-order valence-corrected chi connectivity index (χ3v) is 14.2. The van der Waals surface area contributed by atoms with E-state index in [1.807, 2.05) is 0 Å². The van der Waals surface area contributed by atoms with Crippen LogP contribution in [0.25, 0.3) is 0 Å². The summed E-state index contributed by atoms with van der Waals surface area (Å²) in [6.07, 6.45) is 0. The molecule has 0 aliphatic heterocycles. The van der Waals surface area contributed by atoms with Crippen molar-refractivity contribution < 1.29 is 4.12 Å². The molecule has 0 amide bonds. The van der Waals surface area contributed by atoms with Crippen molar-refractivity contribution in [3.63, 3.8) is 0 Å². The minimum atomic E-state index is -1.22. The Morgan fingerprint density at radius 1 is 1.00 bits per heavy atom. The molecule has 0 rings (SSSR count). The summed E-state index contributed by atoms with van der Waals surface area (Å²) in [6, 6.07) is 0. The molecule has 0 spiro atoms. The van der Waals surface area contributed by atoms with Gasteiger partial charge < -0.3 is 4.12 Å². The van der Waals surface area contributed by atoms with Gasteiger partial charge in [-0.15, -0.1) is 0 Å². The second kappa shape index (κ2) is 3.34. The van der Waals surface area contributed by atoms with Gasteiger partial charge in [0.25, 0.3) is 0 Å². The fourth-order valence-electron chi connectivity index (χ4n) is 0.901. The van der Waals surface area contributed by atoms with E-state index in [1.54, 1.807) is 0 Å². The predicted octanol–water partition coefficient (Wildman–Crippen LogP) is 1.76. The molecule has 0 aromatic heterocycles. The lowest BCUT2D eigenvalue weighted by atomic mass is 11.8. The third-order valence-electron chi connectivity index (χ3n) is 1.43. The minimum absolute atomic E-state index is 0.113. The van der Waals surface area contributed by atoms with Crippen LogP contribution in [-0.2, 0) is 4.12 Å². The predicted molar refractivity (Wildman–Crippen MR) is 56.3 cm³/mol. The van der Waals surface area contributed by atoms with E-state index in [2.05, 4.69) is 39.3 Å². The molecule has 0 bridgehead atoms. The van der Waals surface area contributed by atoms with Crippen molar-refractivity contribution in [2.45, 2.75) is 39.3 Å². The number of rotatable bonds is 3. The third kappa shape index (κ3) is 5.40. The van der Waals surface area contributed by atoms with Crippen LogP contribution >= 0.6 is 0 Å². The fraction of sp³-hybridized carbons (Fsp3) is 1.00. The summed E-state index contributed by atoms with van der Waals surface area (Å²) in [5.74, 6) is 0. The summed E-state index contributed by atoms with van der Waals surface area (Å²) in [5.41, 5.74) is 0. The van der Waals surface area contributed by atoms with E-state index in [1.165, 1.54) is 0 Å².